The third-order valence-corrected chi connectivity index (χ3v) is 11.9. The van der Waals surface area contributed by atoms with Crippen LogP contribution in [-0.2, 0) is 23.9 Å². The van der Waals surface area contributed by atoms with E-state index in [0.717, 1.165) is 44.9 Å². The Morgan fingerprint density at radius 3 is 2.23 bits per heavy atom. The van der Waals surface area contributed by atoms with Gasteiger partial charge in [0.2, 0.25) is 0 Å². The van der Waals surface area contributed by atoms with Crippen LogP contribution in [0.5, 0.6) is 0 Å². The summed E-state index contributed by atoms with van der Waals surface area (Å²) < 4.78 is 11.5. The smallest absolute Gasteiger partial charge is 0.306 e. The Hall–Kier alpha value is -2.55. The Kier molecular flexibility index (Phi) is 12.4. The number of rotatable bonds is 17. The van der Waals surface area contributed by atoms with Crippen LogP contribution >= 0.6 is 0 Å². The molecule has 48 heavy (non-hydrogen) atoms. The van der Waals surface area contributed by atoms with E-state index in [4.69, 9.17) is 9.47 Å². The van der Waals surface area contributed by atoms with Crippen molar-refractivity contribution in [3.8, 4) is 0 Å². The number of hydrogen-bond acceptors (Lipinski definition) is 8. The molecule has 3 N–H and O–H groups in total. The average Bonchev–Trinajstić information content (AvgIpc) is 3.46. The molecule has 0 aromatic heterocycles. The van der Waals surface area contributed by atoms with Gasteiger partial charge in [-0.15, -0.1) is 0 Å². The van der Waals surface area contributed by atoms with Crippen molar-refractivity contribution in [3.63, 3.8) is 0 Å². The van der Waals surface area contributed by atoms with E-state index in [1.165, 1.54) is 32.6 Å². The van der Waals surface area contributed by atoms with E-state index in [1.54, 1.807) is 19.9 Å². The molecule has 0 spiro atoms. The number of carbonyl (C=O) groups excluding carboxylic acids is 3. The summed E-state index contributed by atoms with van der Waals surface area (Å²) in [4.78, 5) is 38.4. The Bertz CT molecular complexity index is 1310. The summed E-state index contributed by atoms with van der Waals surface area (Å²) >= 11 is 0. The predicted octanol–water partition coefficient (Wildman–Crippen LogP) is 6.87. The zero-order valence-electron chi connectivity index (χ0n) is 30.1. The van der Waals surface area contributed by atoms with Crippen molar-refractivity contribution in [1.29, 1.82) is 0 Å². The van der Waals surface area contributed by atoms with Gasteiger partial charge in [-0.2, -0.15) is 0 Å². The monoisotopic (exact) mass is 668 g/mol. The fourth-order valence-electron chi connectivity index (χ4n) is 9.22. The standard InChI is InChI=1S/C40H60O8/c1-7-8-9-10-11-12-13-14-15-16-17-18-19-20-21-22-33(42)47-26-30-24-31-34-37(5,6)40(34,48-29(4)41)36(44)28(3)39(31,46)32-23-27(2)35(43)38(32,45)25-30/h11-12,14-15,23-24,28,31-32,34,36,44-46H,7-10,13,16-22,25-26H2,1-6H3/b12-11-,15-14-/t28-,31-,32+,34+,36-,38-,39-,40-/m1/s1. The van der Waals surface area contributed by atoms with E-state index in [0.29, 0.717) is 11.1 Å². The van der Waals surface area contributed by atoms with Gasteiger partial charge in [-0.1, -0.05) is 96.3 Å². The summed E-state index contributed by atoms with van der Waals surface area (Å²) in [6.07, 6.45) is 23.4. The number of fused-ring (bicyclic) bond motifs is 5. The quantitative estimate of drug-likeness (QED) is 0.0871. The lowest BCUT2D eigenvalue weighted by atomic mass is 9.59. The molecule has 0 aromatic carbocycles. The van der Waals surface area contributed by atoms with Crippen LogP contribution < -0.4 is 0 Å². The topological polar surface area (TPSA) is 130 Å². The molecule has 8 atom stereocenters. The molecule has 0 saturated heterocycles. The highest BCUT2D eigenvalue weighted by Crippen LogP contribution is 2.76. The van der Waals surface area contributed by atoms with Gasteiger partial charge in [-0.3, -0.25) is 14.4 Å². The van der Waals surface area contributed by atoms with E-state index in [1.807, 2.05) is 19.9 Å². The normalized spacial score (nSPS) is 35.0. The molecular weight excluding hydrogens is 608 g/mol. The van der Waals surface area contributed by atoms with Crippen molar-refractivity contribution >= 4 is 17.7 Å². The number of carbonyl (C=O) groups is 3. The maximum absolute atomic E-state index is 13.4. The third-order valence-electron chi connectivity index (χ3n) is 11.9. The van der Waals surface area contributed by atoms with Crippen LogP contribution in [0.1, 0.15) is 125 Å². The summed E-state index contributed by atoms with van der Waals surface area (Å²) in [7, 11) is 0. The molecule has 4 aliphatic carbocycles. The first-order valence-electron chi connectivity index (χ1n) is 18.4. The molecule has 0 bridgehead atoms. The number of allylic oxidation sites excluding steroid dienone is 4. The number of aliphatic hydroxyl groups excluding tert-OH is 1. The van der Waals surface area contributed by atoms with Crippen molar-refractivity contribution in [2.24, 2.45) is 29.1 Å². The van der Waals surface area contributed by atoms with Crippen molar-refractivity contribution < 1.29 is 39.2 Å². The summed E-state index contributed by atoms with van der Waals surface area (Å²) in [5.74, 6) is -4.32. The number of hydrogen-bond donors (Lipinski definition) is 3. The molecule has 0 aromatic rings. The van der Waals surface area contributed by atoms with Crippen LogP contribution in [0.2, 0.25) is 0 Å². The van der Waals surface area contributed by atoms with Gasteiger partial charge < -0.3 is 24.8 Å². The molecule has 2 saturated carbocycles. The SMILES string of the molecule is CCCCC/C=C\C/C=C\CCCCCCCC(=O)OCC1=C[C@@H]2[C@H]3C(C)(C)[C@]3(OC(C)=O)[C@H](O)[C@@H](C)[C@]2(O)[C@H]2C=C(C)C(=O)[C@@]2(O)C1. The maximum Gasteiger partial charge on any atom is 0.306 e. The maximum atomic E-state index is 13.4. The van der Waals surface area contributed by atoms with Gasteiger partial charge in [0, 0.05) is 48.9 Å². The van der Waals surface area contributed by atoms with E-state index in [2.05, 4.69) is 31.2 Å². The van der Waals surface area contributed by atoms with Crippen molar-refractivity contribution in [3.05, 3.63) is 47.6 Å². The number of ether oxygens (including phenoxy) is 2. The van der Waals surface area contributed by atoms with Crippen LogP contribution in [0, 0.1) is 29.1 Å². The summed E-state index contributed by atoms with van der Waals surface area (Å²) in [6.45, 7) is 10.5. The van der Waals surface area contributed by atoms with Gasteiger partial charge in [-0.25, -0.2) is 0 Å². The fraction of sp³-hybridized carbons (Fsp3) is 0.725. The minimum absolute atomic E-state index is 0.101. The number of aliphatic hydroxyl groups is 3. The highest BCUT2D eigenvalue weighted by atomic mass is 16.6. The first kappa shape index (κ1) is 38.3. The summed E-state index contributed by atoms with van der Waals surface area (Å²) in [5.41, 5.74) is -4.68. The second kappa shape index (κ2) is 15.6. The molecule has 0 unspecified atom stereocenters. The van der Waals surface area contributed by atoms with E-state index in [-0.39, 0.29) is 25.4 Å². The molecule has 0 radical (unpaired) electrons. The highest BCUT2D eigenvalue weighted by molar-refractivity contribution is 6.04. The van der Waals surface area contributed by atoms with E-state index < -0.39 is 63.7 Å². The number of unbranched alkanes of at least 4 members (excludes halogenated alkanes) is 8. The Labute approximate surface area is 287 Å². The van der Waals surface area contributed by atoms with Crippen LogP contribution in [-0.4, -0.2) is 62.6 Å². The second-order valence-corrected chi connectivity index (χ2v) is 15.5. The van der Waals surface area contributed by atoms with E-state index in [9.17, 15) is 29.7 Å². The fourth-order valence-corrected chi connectivity index (χ4v) is 9.22. The molecule has 0 amide bonds. The lowest BCUT2D eigenvalue weighted by molar-refractivity contribution is -0.218. The molecule has 0 heterocycles. The molecule has 4 rings (SSSR count). The molecule has 8 heteroatoms. The third kappa shape index (κ3) is 7.18. The second-order valence-electron chi connectivity index (χ2n) is 15.5. The van der Waals surface area contributed by atoms with Gasteiger partial charge in [-0.05, 0) is 56.6 Å². The molecular formula is C40H60O8. The molecule has 2 fully saturated rings. The van der Waals surface area contributed by atoms with Crippen LogP contribution in [0.25, 0.3) is 0 Å². The van der Waals surface area contributed by atoms with Gasteiger partial charge in [0.05, 0.1) is 11.7 Å². The van der Waals surface area contributed by atoms with Gasteiger partial charge in [0.25, 0.3) is 0 Å². The molecule has 268 valence electrons. The lowest BCUT2D eigenvalue weighted by Gasteiger charge is -2.52. The van der Waals surface area contributed by atoms with Gasteiger partial charge in [0.1, 0.15) is 17.8 Å². The van der Waals surface area contributed by atoms with Gasteiger partial charge >= 0.3 is 11.9 Å². The Morgan fingerprint density at radius 2 is 1.58 bits per heavy atom. The number of esters is 2. The molecule has 4 aliphatic rings. The lowest BCUT2D eigenvalue weighted by Crippen LogP contribution is -2.65. The zero-order chi connectivity index (χ0) is 35.3. The van der Waals surface area contributed by atoms with Crippen LogP contribution in [0.3, 0.4) is 0 Å². The van der Waals surface area contributed by atoms with Crippen molar-refractivity contribution in [2.45, 2.75) is 148 Å². The summed E-state index contributed by atoms with van der Waals surface area (Å²) in [6, 6.07) is 0. The van der Waals surface area contributed by atoms with Crippen molar-refractivity contribution in [1.82, 2.24) is 0 Å². The zero-order valence-corrected chi connectivity index (χ0v) is 30.1. The number of ketones is 1. The van der Waals surface area contributed by atoms with E-state index >= 15 is 0 Å². The van der Waals surface area contributed by atoms with Crippen LogP contribution in [0.4, 0.5) is 0 Å². The van der Waals surface area contributed by atoms with Gasteiger partial charge in [0.15, 0.2) is 5.78 Å². The predicted molar refractivity (Wildman–Crippen MR) is 186 cm³/mol. The van der Waals surface area contributed by atoms with Crippen LogP contribution in [0.15, 0.2) is 47.6 Å². The first-order chi connectivity index (χ1) is 22.7. The number of Topliss-reactive ketones (excluding diaryl/α,β-unsaturated/α-hetero) is 1. The Balaban J connectivity index is 1.32. The first-order valence-corrected chi connectivity index (χ1v) is 18.4. The minimum Gasteiger partial charge on any atom is -0.461 e. The average molecular weight is 669 g/mol. The summed E-state index contributed by atoms with van der Waals surface area (Å²) in [5, 5.41) is 36.1. The highest BCUT2D eigenvalue weighted by Gasteiger charge is 2.86. The molecule has 0 aliphatic heterocycles. The van der Waals surface area contributed by atoms with Crippen molar-refractivity contribution in [2.75, 3.05) is 6.61 Å². The Morgan fingerprint density at radius 1 is 0.958 bits per heavy atom. The minimum atomic E-state index is -1.94. The molecule has 8 nitrogen and oxygen atoms in total. The largest absolute Gasteiger partial charge is 0.461 e.